The van der Waals surface area contributed by atoms with E-state index >= 15 is 0 Å². The first-order valence-corrected chi connectivity index (χ1v) is 8.05. The molecule has 0 saturated carbocycles. The molecule has 0 amide bonds. The number of rotatable bonds is 3. The average Bonchev–Trinajstić information content (AvgIpc) is 3.20. The van der Waals surface area contributed by atoms with E-state index in [9.17, 15) is 10.2 Å². The summed E-state index contributed by atoms with van der Waals surface area (Å²) >= 11 is 5.36. The van der Waals surface area contributed by atoms with Gasteiger partial charge >= 0.3 is 0 Å². The fourth-order valence-electron chi connectivity index (χ4n) is 2.79. The minimum atomic E-state index is -0.0764. The second-order valence-electron chi connectivity index (χ2n) is 5.54. The lowest BCUT2D eigenvalue weighted by molar-refractivity contribution is 0.447. The molecule has 8 heteroatoms. The van der Waals surface area contributed by atoms with Crippen molar-refractivity contribution in [1.29, 1.82) is 0 Å². The Hall–Kier alpha value is -3.13. The van der Waals surface area contributed by atoms with Crippen molar-refractivity contribution in [1.82, 2.24) is 19.7 Å². The van der Waals surface area contributed by atoms with Crippen LogP contribution >= 0.6 is 12.2 Å². The van der Waals surface area contributed by atoms with Crippen molar-refractivity contribution in [3.05, 3.63) is 47.1 Å². The average molecular weight is 354 g/mol. The van der Waals surface area contributed by atoms with Crippen LogP contribution in [-0.4, -0.2) is 30.0 Å². The highest BCUT2D eigenvalue weighted by molar-refractivity contribution is 7.71. The minimum absolute atomic E-state index is 0.0495. The van der Waals surface area contributed by atoms with Gasteiger partial charge in [-0.1, -0.05) is 6.92 Å². The van der Waals surface area contributed by atoms with Gasteiger partial charge in [-0.3, -0.25) is 9.67 Å². The first-order chi connectivity index (χ1) is 12.1. The Morgan fingerprint density at radius 1 is 1.20 bits per heavy atom. The maximum Gasteiger partial charge on any atom is 0.200 e. The normalized spacial score (nSPS) is 11.2. The summed E-state index contributed by atoms with van der Waals surface area (Å²) < 4.78 is 7.34. The second-order valence-corrected chi connectivity index (χ2v) is 5.93. The molecular weight excluding hydrogens is 340 g/mol. The number of aromatic nitrogens is 4. The lowest BCUT2D eigenvalue weighted by Gasteiger charge is -2.11. The largest absolute Gasteiger partial charge is 0.508 e. The third kappa shape index (κ3) is 2.47. The number of oxazole rings is 1. The highest BCUT2D eigenvalue weighted by Gasteiger charge is 2.17. The minimum Gasteiger partial charge on any atom is -0.508 e. The molecule has 0 bridgehead atoms. The monoisotopic (exact) mass is 354 g/mol. The number of benzene rings is 2. The number of aromatic amines is 1. The lowest BCUT2D eigenvalue weighted by Crippen LogP contribution is -1.99. The number of fused-ring (bicyclic) bond motifs is 1. The molecule has 126 valence electrons. The molecule has 2 aromatic heterocycles. The Labute approximate surface area is 147 Å². The number of hydrogen-bond acceptors (Lipinski definition) is 6. The van der Waals surface area contributed by atoms with Gasteiger partial charge in [-0.15, -0.1) is 0 Å². The van der Waals surface area contributed by atoms with Gasteiger partial charge in [0.05, 0.1) is 11.3 Å². The molecule has 25 heavy (non-hydrogen) atoms. The van der Waals surface area contributed by atoms with Crippen LogP contribution in [0.3, 0.4) is 0 Å². The first kappa shape index (κ1) is 15.4. The Bertz CT molecular complexity index is 1140. The van der Waals surface area contributed by atoms with E-state index in [0.29, 0.717) is 39.2 Å². The molecule has 0 spiro atoms. The van der Waals surface area contributed by atoms with Crippen LogP contribution in [0.15, 0.2) is 41.1 Å². The Balaban J connectivity index is 1.95. The zero-order valence-corrected chi connectivity index (χ0v) is 14.0. The predicted molar refractivity (Wildman–Crippen MR) is 94.5 cm³/mol. The quantitative estimate of drug-likeness (QED) is 0.485. The van der Waals surface area contributed by atoms with Crippen molar-refractivity contribution in [3.63, 3.8) is 0 Å². The van der Waals surface area contributed by atoms with Crippen LogP contribution in [-0.2, 0) is 6.42 Å². The van der Waals surface area contributed by atoms with Crippen molar-refractivity contribution in [2.45, 2.75) is 13.3 Å². The number of nitrogens with one attached hydrogen (secondary N) is 1. The van der Waals surface area contributed by atoms with Crippen LogP contribution in [0.25, 0.3) is 28.2 Å². The predicted octanol–water partition coefficient (Wildman–Crippen LogP) is 3.71. The Kier molecular flexibility index (Phi) is 3.54. The summed E-state index contributed by atoms with van der Waals surface area (Å²) in [6, 6.07) is 8.48. The summed E-state index contributed by atoms with van der Waals surface area (Å²) in [7, 11) is 0. The Morgan fingerprint density at radius 3 is 2.84 bits per heavy atom. The van der Waals surface area contributed by atoms with E-state index in [1.807, 2.05) is 19.1 Å². The Morgan fingerprint density at radius 2 is 2.04 bits per heavy atom. The van der Waals surface area contributed by atoms with E-state index in [-0.39, 0.29) is 11.5 Å². The van der Waals surface area contributed by atoms with E-state index in [0.717, 1.165) is 5.69 Å². The fourth-order valence-corrected chi connectivity index (χ4v) is 3.02. The van der Waals surface area contributed by atoms with Crippen LogP contribution in [0.2, 0.25) is 0 Å². The lowest BCUT2D eigenvalue weighted by atomic mass is 10.1. The van der Waals surface area contributed by atoms with Gasteiger partial charge in [-0.25, -0.2) is 4.98 Å². The molecule has 0 aliphatic heterocycles. The van der Waals surface area contributed by atoms with Gasteiger partial charge in [0.1, 0.15) is 17.0 Å². The molecule has 4 aromatic rings. The van der Waals surface area contributed by atoms with E-state index < -0.39 is 0 Å². The second kappa shape index (κ2) is 5.75. The third-order valence-electron chi connectivity index (χ3n) is 4.06. The van der Waals surface area contributed by atoms with Crippen LogP contribution < -0.4 is 0 Å². The maximum atomic E-state index is 10.3. The molecule has 0 radical (unpaired) electrons. The summed E-state index contributed by atoms with van der Waals surface area (Å²) in [6.45, 7) is 1.92. The van der Waals surface area contributed by atoms with Gasteiger partial charge in [-0.05, 0) is 48.5 Å². The van der Waals surface area contributed by atoms with E-state index in [1.54, 1.807) is 16.7 Å². The summed E-state index contributed by atoms with van der Waals surface area (Å²) in [5.41, 5.74) is 3.28. The number of nitrogens with zero attached hydrogens (tertiary/aromatic N) is 3. The van der Waals surface area contributed by atoms with E-state index in [2.05, 4.69) is 15.2 Å². The zero-order valence-electron chi connectivity index (χ0n) is 13.2. The highest BCUT2D eigenvalue weighted by Crippen LogP contribution is 2.35. The molecule has 0 aliphatic carbocycles. The van der Waals surface area contributed by atoms with Crippen LogP contribution in [0.4, 0.5) is 0 Å². The highest BCUT2D eigenvalue weighted by atomic mass is 32.1. The number of H-pyrrole nitrogens is 1. The van der Waals surface area contributed by atoms with E-state index in [4.69, 9.17) is 16.6 Å². The third-order valence-corrected chi connectivity index (χ3v) is 4.34. The molecule has 7 nitrogen and oxygen atoms in total. The maximum absolute atomic E-state index is 10.3. The summed E-state index contributed by atoms with van der Waals surface area (Å²) in [5, 5.41) is 27.2. The molecular formula is C17H14N4O3S. The molecule has 0 fully saturated rings. The topological polar surface area (TPSA) is 100 Å². The van der Waals surface area contributed by atoms with Crippen LogP contribution in [0.5, 0.6) is 11.5 Å². The molecule has 4 rings (SSSR count). The first-order valence-electron chi connectivity index (χ1n) is 7.64. The molecule has 2 heterocycles. The summed E-state index contributed by atoms with van der Waals surface area (Å²) in [5.74, 6) is 0.418. The summed E-state index contributed by atoms with van der Waals surface area (Å²) in [6.07, 6.45) is 2.00. The number of aryl methyl sites for hydroxylation is 1. The molecule has 0 atom stereocenters. The summed E-state index contributed by atoms with van der Waals surface area (Å²) in [4.78, 5) is 4.15. The van der Waals surface area contributed by atoms with Crippen LogP contribution in [0.1, 0.15) is 12.5 Å². The van der Waals surface area contributed by atoms with Crippen molar-refractivity contribution >= 4 is 23.3 Å². The van der Waals surface area contributed by atoms with Gasteiger partial charge < -0.3 is 14.6 Å². The zero-order chi connectivity index (χ0) is 17.6. The number of phenolic OH excluding ortho intramolecular Hbond substituents is 2. The molecule has 2 aromatic carbocycles. The van der Waals surface area contributed by atoms with Gasteiger partial charge in [0.2, 0.25) is 0 Å². The van der Waals surface area contributed by atoms with Crippen molar-refractivity contribution in [2.24, 2.45) is 0 Å². The van der Waals surface area contributed by atoms with Crippen molar-refractivity contribution in [2.75, 3.05) is 0 Å². The van der Waals surface area contributed by atoms with Crippen LogP contribution in [0, 0.1) is 4.77 Å². The molecule has 0 aliphatic rings. The molecule has 0 saturated heterocycles. The van der Waals surface area contributed by atoms with Gasteiger partial charge in [0.15, 0.2) is 22.6 Å². The fraction of sp³-hybridized carbons (Fsp3) is 0.118. The number of hydrogen-bond donors (Lipinski definition) is 3. The van der Waals surface area contributed by atoms with Gasteiger partial charge in [0, 0.05) is 6.07 Å². The van der Waals surface area contributed by atoms with E-state index in [1.165, 1.54) is 12.5 Å². The SMILES string of the molecule is CCc1cc(-c2n[nH]c(=S)n2-c2ccc3ocnc3c2)c(O)cc1O. The number of aromatic hydroxyl groups is 2. The van der Waals surface area contributed by atoms with Crippen molar-refractivity contribution in [3.8, 4) is 28.6 Å². The van der Waals surface area contributed by atoms with Crippen molar-refractivity contribution < 1.29 is 14.6 Å². The standard InChI is InChI=1S/C17H14N4O3S/c1-2-9-5-11(14(23)7-13(9)22)16-19-20-17(25)21(16)10-3-4-15-12(6-10)18-8-24-15/h3-8,22-23H,2H2,1H3,(H,20,25). The van der Waals surface area contributed by atoms with Gasteiger partial charge in [0.25, 0.3) is 0 Å². The smallest absolute Gasteiger partial charge is 0.200 e. The van der Waals surface area contributed by atoms with Gasteiger partial charge in [-0.2, -0.15) is 5.10 Å². The molecule has 3 N–H and O–H groups in total. The molecule has 0 unspecified atom stereocenters. The number of phenols is 2.